The van der Waals surface area contributed by atoms with Crippen molar-refractivity contribution in [2.45, 2.75) is 175 Å². The fourth-order valence-electron chi connectivity index (χ4n) is 5.10. The topological polar surface area (TPSA) is 0 Å². The molecule has 0 aliphatic rings. The zero-order valence-corrected chi connectivity index (χ0v) is 21.4. The van der Waals surface area contributed by atoms with Gasteiger partial charge in [-0.3, -0.25) is 0 Å². The molecule has 0 rings (SSSR count). The predicted molar refractivity (Wildman–Crippen MR) is 136 cm³/mol. The lowest BCUT2D eigenvalue weighted by atomic mass is 9.82. The molecule has 0 aliphatic heterocycles. The first-order chi connectivity index (χ1) is 14.3. The Balaban J connectivity index is 4.26. The molecule has 0 amide bonds. The van der Waals surface area contributed by atoms with E-state index in [1.54, 1.807) is 6.42 Å². The molecular weight excluding hydrogens is 348 g/mol. The molecular formula is C29H60. The lowest BCUT2D eigenvalue weighted by Crippen LogP contribution is -2.10. The Kier molecular flexibility index (Phi) is 24.3. The maximum atomic E-state index is 2.40. The van der Waals surface area contributed by atoms with Crippen molar-refractivity contribution in [3.8, 4) is 0 Å². The van der Waals surface area contributed by atoms with Crippen LogP contribution in [-0.4, -0.2) is 0 Å². The molecule has 0 saturated carbocycles. The number of rotatable bonds is 24. The summed E-state index contributed by atoms with van der Waals surface area (Å²) in [5.41, 5.74) is 0. The first-order valence-electron chi connectivity index (χ1n) is 14.3. The van der Waals surface area contributed by atoms with Crippen LogP contribution < -0.4 is 0 Å². The summed E-state index contributed by atoms with van der Waals surface area (Å²) >= 11 is 0. The maximum Gasteiger partial charge on any atom is -0.0412 e. The van der Waals surface area contributed by atoms with E-state index in [-0.39, 0.29) is 0 Å². The molecule has 0 saturated heterocycles. The summed E-state index contributed by atoms with van der Waals surface area (Å²) in [6.45, 7) is 9.39. The van der Waals surface area contributed by atoms with E-state index in [2.05, 4.69) is 27.7 Å². The van der Waals surface area contributed by atoms with Gasteiger partial charge in [-0.25, -0.2) is 0 Å². The highest BCUT2D eigenvalue weighted by Gasteiger charge is 2.16. The van der Waals surface area contributed by atoms with Crippen molar-refractivity contribution >= 4 is 0 Å². The SMILES string of the molecule is CCCCCCCCC(CCC)CC(CCCCCCC)CCCCCCCC. The van der Waals surface area contributed by atoms with E-state index >= 15 is 0 Å². The fourth-order valence-corrected chi connectivity index (χ4v) is 5.10. The molecule has 0 fully saturated rings. The third-order valence-electron chi connectivity index (χ3n) is 7.01. The highest BCUT2D eigenvalue weighted by molar-refractivity contribution is 4.68. The van der Waals surface area contributed by atoms with Gasteiger partial charge in [0.05, 0.1) is 0 Å². The highest BCUT2D eigenvalue weighted by Crippen LogP contribution is 2.30. The molecule has 0 spiro atoms. The Hall–Kier alpha value is 0. The van der Waals surface area contributed by atoms with E-state index in [0.29, 0.717) is 0 Å². The summed E-state index contributed by atoms with van der Waals surface area (Å²) in [4.78, 5) is 0. The van der Waals surface area contributed by atoms with Gasteiger partial charge in [0, 0.05) is 0 Å². The first-order valence-corrected chi connectivity index (χ1v) is 14.3. The van der Waals surface area contributed by atoms with Crippen molar-refractivity contribution in [3.05, 3.63) is 0 Å². The second-order valence-corrected chi connectivity index (χ2v) is 10.1. The molecule has 2 atom stereocenters. The molecule has 0 nitrogen and oxygen atoms in total. The summed E-state index contributed by atoms with van der Waals surface area (Å²) in [6.07, 6.45) is 33.7. The average molecular weight is 409 g/mol. The zero-order chi connectivity index (χ0) is 21.4. The van der Waals surface area contributed by atoms with Crippen molar-refractivity contribution in [1.29, 1.82) is 0 Å². The molecule has 0 N–H and O–H groups in total. The molecule has 0 aromatic rings. The van der Waals surface area contributed by atoms with Gasteiger partial charge in [0.25, 0.3) is 0 Å². The Labute approximate surface area is 187 Å². The van der Waals surface area contributed by atoms with E-state index in [0.717, 1.165) is 11.8 Å². The largest absolute Gasteiger partial charge is 0.0654 e. The van der Waals surface area contributed by atoms with Crippen LogP contribution in [0, 0.1) is 11.8 Å². The van der Waals surface area contributed by atoms with Gasteiger partial charge in [0.1, 0.15) is 0 Å². The van der Waals surface area contributed by atoms with Gasteiger partial charge in [-0.2, -0.15) is 0 Å². The minimum atomic E-state index is 1.02. The minimum Gasteiger partial charge on any atom is -0.0654 e. The number of hydrogen-bond acceptors (Lipinski definition) is 0. The monoisotopic (exact) mass is 408 g/mol. The standard InChI is InChI=1S/C29H60/c1-5-9-12-15-18-21-24-28(23-8-4)27-29(25-20-17-14-11-7-3)26-22-19-16-13-10-6-2/h28-29H,5-27H2,1-4H3. The normalized spacial score (nSPS) is 13.7. The maximum absolute atomic E-state index is 2.40. The van der Waals surface area contributed by atoms with Crippen LogP contribution in [0.2, 0.25) is 0 Å². The van der Waals surface area contributed by atoms with Crippen LogP contribution in [0.1, 0.15) is 175 Å². The van der Waals surface area contributed by atoms with Crippen LogP contribution in [0.3, 0.4) is 0 Å². The molecule has 0 aromatic heterocycles. The molecule has 2 unspecified atom stereocenters. The summed E-state index contributed by atoms with van der Waals surface area (Å²) in [7, 11) is 0. The lowest BCUT2D eigenvalue weighted by molar-refractivity contribution is 0.286. The highest BCUT2D eigenvalue weighted by atomic mass is 14.2. The van der Waals surface area contributed by atoms with Crippen molar-refractivity contribution < 1.29 is 0 Å². The van der Waals surface area contributed by atoms with Crippen molar-refractivity contribution in [1.82, 2.24) is 0 Å². The quantitative estimate of drug-likeness (QED) is 0.139. The third kappa shape index (κ3) is 21.0. The number of hydrogen-bond donors (Lipinski definition) is 0. The third-order valence-corrected chi connectivity index (χ3v) is 7.01. The van der Waals surface area contributed by atoms with Crippen LogP contribution in [0.5, 0.6) is 0 Å². The predicted octanol–water partition coefficient (Wildman–Crippen LogP) is 11.3. The zero-order valence-electron chi connectivity index (χ0n) is 21.4. The molecule has 176 valence electrons. The van der Waals surface area contributed by atoms with Gasteiger partial charge < -0.3 is 0 Å². The van der Waals surface area contributed by atoms with Gasteiger partial charge in [0.2, 0.25) is 0 Å². The van der Waals surface area contributed by atoms with E-state index < -0.39 is 0 Å². The van der Waals surface area contributed by atoms with Crippen LogP contribution in [-0.2, 0) is 0 Å². The van der Waals surface area contributed by atoms with Crippen LogP contribution in [0.4, 0.5) is 0 Å². The lowest BCUT2D eigenvalue weighted by Gasteiger charge is -2.24. The van der Waals surface area contributed by atoms with Crippen molar-refractivity contribution in [2.24, 2.45) is 11.8 Å². The second kappa shape index (κ2) is 24.3. The molecule has 0 aliphatic carbocycles. The molecule has 0 heterocycles. The van der Waals surface area contributed by atoms with E-state index in [1.165, 1.54) is 141 Å². The van der Waals surface area contributed by atoms with Gasteiger partial charge >= 0.3 is 0 Å². The van der Waals surface area contributed by atoms with Gasteiger partial charge in [-0.1, -0.05) is 169 Å². The first kappa shape index (κ1) is 29.0. The Morgan fingerprint density at radius 3 is 0.966 bits per heavy atom. The Morgan fingerprint density at radius 2 is 0.621 bits per heavy atom. The summed E-state index contributed by atoms with van der Waals surface area (Å²) in [5.74, 6) is 2.05. The van der Waals surface area contributed by atoms with E-state index in [1.807, 2.05) is 0 Å². The Morgan fingerprint density at radius 1 is 0.310 bits per heavy atom. The fraction of sp³-hybridized carbons (Fsp3) is 1.00. The van der Waals surface area contributed by atoms with Crippen molar-refractivity contribution in [3.63, 3.8) is 0 Å². The molecule has 0 aromatic carbocycles. The minimum absolute atomic E-state index is 1.02. The Bertz CT molecular complexity index is 282. The molecule has 0 heteroatoms. The van der Waals surface area contributed by atoms with Crippen LogP contribution in [0.25, 0.3) is 0 Å². The van der Waals surface area contributed by atoms with Crippen LogP contribution >= 0.6 is 0 Å². The summed E-state index contributed by atoms with van der Waals surface area (Å²) in [5, 5.41) is 0. The smallest absolute Gasteiger partial charge is 0.0412 e. The second-order valence-electron chi connectivity index (χ2n) is 10.1. The summed E-state index contributed by atoms with van der Waals surface area (Å²) in [6, 6.07) is 0. The number of unbranched alkanes of at least 4 members (excludes halogenated alkanes) is 14. The molecule has 29 heavy (non-hydrogen) atoms. The van der Waals surface area contributed by atoms with E-state index in [4.69, 9.17) is 0 Å². The summed E-state index contributed by atoms with van der Waals surface area (Å²) < 4.78 is 0. The van der Waals surface area contributed by atoms with Gasteiger partial charge in [0.15, 0.2) is 0 Å². The van der Waals surface area contributed by atoms with Gasteiger partial charge in [-0.15, -0.1) is 0 Å². The molecule has 0 radical (unpaired) electrons. The van der Waals surface area contributed by atoms with Crippen molar-refractivity contribution in [2.75, 3.05) is 0 Å². The molecule has 0 bridgehead atoms. The van der Waals surface area contributed by atoms with Crippen LogP contribution in [0.15, 0.2) is 0 Å². The van der Waals surface area contributed by atoms with Gasteiger partial charge in [-0.05, 0) is 18.3 Å². The average Bonchev–Trinajstić information content (AvgIpc) is 2.72. The van der Waals surface area contributed by atoms with E-state index in [9.17, 15) is 0 Å².